The highest BCUT2D eigenvalue weighted by atomic mass is 79.9. The first-order chi connectivity index (χ1) is 6.24. The zero-order chi connectivity index (χ0) is 9.42. The number of halogens is 2. The molecule has 0 radical (unpaired) electrons. The van der Waals surface area contributed by atoms with Crippen LogP contribution in [0, 0.1) is 0 Å². The molecule has 0 fully saturated rings. The molecule has 0 aromatic heterocycles. The Kier molecular flexibility index (Phi) is 2.17. The predicted molar refractivity (Wildman–Crippen MR) is 50.7 cm³/mol. The zero-order valence-corrected chi connectivity index (χ0v) is 8.68. The van der Waals surface area contributed by atoms with Crippen LogP contribution >= 0.6 is 27.5 Å². The van der Waals surface area contributed by atoms with E-state index in [1.54, 1.807) is 0 Å². The highest BCUT2D eigenvalue weighted by Crippen LogP contribution is 2.44. The summed E-state index contributed by atoms with van der Waals surface area (Å²) >= 11 is 9.08. The van der Waals surface area contributed by atoms with E-state index in [1.165, 1.54) is 6.07 Å². The molecule has 0 bridgehead atoms. The Morgan fingerprint density at radius 2 is 2.15 bits per heavy atom. The van der Waals surface area contributed by atoms with Crippen LogP contribution in [0.3, 0.4) is 0 Å². The summed E-state index contributed by atoms with van der Waals surface area (Å²) in [5, 5.41) is 0.436. The topological polar surface area (TPSA) is 35.5 Å². The van der Waals surface area contributed by atoms with E-state index >= 15 is 0 Å². The average Bonchev–Trinajstić information content (AvgIpc) is 2.60. The van der Waals surface area contributed by atoms with Crippen LogP contribution in [0.4, 0.5) is 0 Å². The van der Waals surface area contributed by atoms with Crippen LogP contribution in [-0.2, 0) is 0 Å². The Morgan fingerprint density at radius 3 is 2.85 bits per heavy atom. The van der Waals surface area contributed by atoms with Crippen molar-refractivity contribution in [1.29, 1.82) is 0 Å². The van der Waals surface area contributed by atoms with Crippen molar-refractivity contribution in [3.63, 3.8) is 0 Å². The van der Waals surface area contributed by atoms with Gasteiger partial charge in [0.2, 0.25) is 6.79 Å². The molecule has 1 aromatic carbocycles. The lowest BCUT2D eigenvalue weighted by molar-refractivity contribution is 0.111. The van der Waals surface area contributed by atoms with Crippen molar-refractivity contribution in [2.45, 2.75) is 0 Å². The van der Waals surface area contributed by atoms with Gasteiger partial charge in [-0.25, -0.2) is 0 Å². The van der Waals surface area contributed by atoms with Gasteiger partial charge in [-0.1, -0.05) is 11.6 Å². The molecule has 1 aromatic rings. The Labute approximate surface area is 87.7 Å². The van der Waals surface area contributed by atoms with E-state index in [1.807, 2.05) is 0 Å². The number of hydrogen-bond donors (Lipinski definition) is 0. The van der Waals surface area contributed by atoms with Crippen LogP contribution < -0.4 is 9.47 Å². The molecular weight excluding hydrogens is 259 g/mol. The molecule has 1 aliphatic heterocycles. The Bertz CT molecular complexity index is 378. The largest absolute Gasteiger partial charge is 0.453 e. The van der Waals surface area contributed by atoms with E-state index < -0.39 is 0 Å². The van der Waals surface area contributed by atoms with Gasteiger partial charge in [-0.2, -0.15) is 0 Å². The summed E-state index contributed by atoms with van der Waals surface area (Å²) in [7, 11) is 0. The van der Waals surface area contributed by atoms with Gasteiger partial charge in [-0.3, -0.25) is 4.79 Å². The fourth-order valence-corrected chi connectivity index (χ4v) is 1.73. The van der Waals surface area contributed by atoms with Gasteiger partial charge >= 0.3 is 0 Å². The fraction of sp³-hybridized carbons (Fsp3) is 0.125. The molecule has 0 spiro atoms. The molecule has 5 heteroatoms. The molecule has 0 saturated carbocycles. The summed E-state index contributed by atoms with van der Waals surface area (Å²) in [6.07, 6.45) is 0.686. The number of fused-ring (bicyclic) bond motifs is 1. The van der Waals surface area contributed by atoms with Gasteiger partial charge in [-0.05, 0) is 22.0 Å². The third kappa shape index (κ3) is 1.30. The first kappa shape index (κ1) is 8.84. The van der Waals surface area contributed by atoms with Crippen molar-refractivity contribution >= 4 is 33.8 Å². The quantitative estimate of drug-likeness (QED) is 0.731. The lowest BCUT2D eigenvalue weighted by Crippen LogP contribution is -1.94. The molecule has 3 nitrogen and oxygen atoms in total. The van der Waals surface area contributed by atoms with E-state index in [9.17, 15) is 4.79 Å². The van der Waals surface area contributed by atoms with Gasteiger partial charge < -0.3 is 9.47 Å². The maximum atomic E-state index is 10.6. The summed E-state index contributed by atoms with van der Waals surface area (Å²) in [5.41, 5.74) is 0.403. The number of aldehydes is 1. The minimum Gasteiger partial charge on any atom is -0.453 e. The van der Waals surface area contributed by atoms with Gasteiger partial charge in [0.1, 0.15) is 0 Å². The molecule has 1 aliphatic rings. The maximum Gasteiger partial charge on any atom is 0.231 e. The van der Waals surface area contributed by atoms with Crippen LogP contribution in [0.2, 0.25) is 5.02 Å². The molecule has 0 amide bonds. The van der Waals surface area contributed by atoms with Crippen LogP contribution in [0.15, 0.2) is 10.5 Å². The van der Waals surface area contributed by atoms with Gasteiger partial charge in [-0.15, -0.1) is 0 Å². The second kappa shape index (κ2) is 3.20. The van der Waals surface area contributed by atoms with E-state index in [0.29, 0.717) is 32.8 Å². The number of hydrogen-bond acceptors (Lipinski definition) is 3. The van der Waals surface area contributed by atoms with Gasteiger partial charge in [0.05, 0.1) is 15.1 Å². The first-order valence-corrected chi connectivity index (χ1v) is 4.64. The molecule has 68 valence electrons. The monoisotopic (exact) mass is 262 g/mol. The van der Waals surface area contributed by atoms with E-state index in [4.69, 9.17) is 21.1 Å². The summed E-state index contributed by atoms with van der Waals surface area (Å²) < 4.78 is 10.9. The van der Waals surface area contributed by atoms with Crippen molar-refractivity contribution in [3.8, 4) is 11.5 Å². The molecule has 0 atom stereocenters. The summed E-state index contributed by atoms with van der Waals surface area (Å²) in [6.45, 7) is 0.120. The Morgan fingerprint density at radius 1 is 1.46 bits per heavy atom. The number of ether oxygens (including phenoxy) is 2. The SMILES string of the molecule is O=Cc1cc(Cl)c(Br)c2c1OCO2. The number of carbonyl (C=O) groups excluding carboxylic acids is 1. The second-order valence-electron chi connectivity index (χ2n) is 2.44. The summed E-state index contributed by atoms with van der Waals surface area (Å²) in [4.78, 5) is 10.6. The molecule has 0 unspecified atom stereocenters. The normalized spacial score (nSPS) is 13.1. The fourth-order valence-electron chi connectivity index (χ4n) is 1.12. The summed E-state index contributed by atoms with van der Waals surface area (Å²) in [6, 6.07) is 1.53. The molecule has 0 N–H and O–H groups in total. The lowest BCUT2D eigenvalue weighted by atomic mass is 10.2. The molecule has 0 saturated heterocycles. The minimum absolute atomic E-state index is 0.120. The third-order valence-electron chi connectivity index (χ3n) is 1.69. The average molecular weight is 263 g/mol. The molecule has 2 rings (SSSR count). The van der Waals surface area contributed by atoms with Crippen molar-refractivity contribution in [2.75, 3.05) is 6.79 Å². The first-order valence-electron chi connectivity index (χ1n) is 3.47. The molecule has 0 aliphatic carbocycles. The third-order valence-corrected chi connectivity index (χ3v) is 3.01. The van der Waals surface area contributed by atoms with E-state index in [-0.39, 0.29) is 6.79 Å². The van der Waals surface area contributed by atoms with Gasteiger partial charge in [0.15, 0.2) is 17.8 Å². The van der Waals surface area contributed by atoms with Gasteiger partial charge in [0.25, 0.3) is 0 Å². The standard InChI is InChI=1S/C8H4BrClO3/c9-6-5(10)1-4(2-11)7-8(6)13-3-12-7/h1-2H,3H2. The van der Waals surface area contributed by atoms with Crippen LogP contribution in [0.25, 0.3) is 0 Å². The van der Waals surface area contributed by atoms with Crippen molar-refractivity contribution in [2.24, 2.45) is 0 Å². The summed E-state index contributed by atoms with van der Waals surface area (Å²) in [5.74, 6) is 0.945. The number of carbonyl (C=O) groups is 1. The number of benzene rings is 1. The van der Waals surface area contributed by atoms with E-state index in [2.05, 4.69) is 15.9 Å². The van der Waals surface area contributed by atoms with Crippen LogP contribution in [-0.4, -0.2) is 13.1 Å². The van der Waals surface area contributed by atoms with Crippen molar-refractivity contribution in [1.82, 2.24) is 0 Å². The zero-order valence-electron chi connectivity index (χ0n) is 6.34. The van der Waals surface area contributed by atoms with E-state index in [0.717, 1.165) is 0 Å². The lowest BCUT2D eigenvalue weighted by Gasteiger charge is -2.03. The maximum absolute atomic E-state index is 10.6. The van der Waals surface area contributed by atoms with Gasteiger partial charge in [0, 0.05) is 0 Å². The van der Waals surface area contributed by atoms with Crippen molar-refractivity contribution < 1.29 is 14.3 Å². The molecular formula is C8H4BrClO3. The highest BCUT2D eigenvalue weighted by molar-refractivity contribution is 9.10. The number of rotatable bonds is 1. The Balaban J connectivity index is 2.70. The van der Waals surface area contributed by atoms with Crippen LogP contribution in [0.5, 0.6) is 11.5 Å². The minimum atomic E-state index is 0.120. The Hall–Kier alpha value is -0.740. The highest BCUT2D eigenvalue weighted by Gasteiger charge is 2.23. The second-order valence-corrected chi connectivity index (χ2v) is 3.64. The molecule has 1 heterocycles. The molecule has 13 heavy (non-hydrogen) atoms. The predicted octanol–water partition coefficient (Wildman–Crippen LogP) is 2.64. The van der Waals surface area contributed by atoms with Crippen molar-refractivity contribution in [3.05, 3.63) is 21.1 Å². The smallest absolute Gasteiger partial charge is 0.231 e. The van der Waals surface area contributed by atoms with Crippen LogP contribution in [0.1, 0.15) is 10.4 Å².